The highest BCUT2D eigenvalue weighted by Crippen LogP contribution is 2.27. The van der Waals surface area contributed by atoms with Crippen molar-refractivity contribution in [3.63, 3.8) is 0 Å². The lowest BCUT2D eigenvalue weighted by Crippen LogP contribution is -2.35. The Morgan fingerprint density at radius 1 is 1.47 bits per heavy atom. The van der Waals surface area contributed by atoms with E-state index in [0.29, 0.717) is 6.42 Å². The fourth-order valence-electron chi connectivity index (χ4n) is 1.50. The summed E-state index contributed by atoms with van der Waals surface area (Å²) in [6.07, 6.45) is 0.535. The molecule has 2 unspecified atom stereocenters. The summed E-state index contributed by atoms with van der Waals surface area (Å²) < 4.78 is 4.64. The molecule has 0 spiro atoms. The SMILES string of the molecule is CCC(C(=O)OC)C(=O)C1CSCCS1. The molecule has 1 fully saturated rings. The zero-order valence-corrected chi connectivity index (χ0v) is 10.7. The van der Waals surface area contributed by atoms with Crippen molar-refractivity contribution in [1.29, 1.82) is 0 Å². The molecule has 0 amide bonds. The molecular weight excluding hydrogens is 232 g/mol. The Bertz CT molecular complexity index is 237. The number of hydrogen-bond donors (Lipinski definition) is 0. The van der Waals surface area contributed by atoms with E-state index < -0.39 is 11.9 Å². The standard InChI is InChI=1S/C10H16O3S2/c1-3-7(10(12)13-2)9(11)8-6-14-4-5-15-8/h7-8H,3-6H2,1-2H3. The number of ketones is 1. The lowest BCUT2D eigenvalue weighted by Gasteiger charge is -2.22. The smallest absolute Gasteiger partial charge is 0.316 e. The largest absolute Gasteiger partial charge is 0.468 e. The minimum absolute atomic E-state index is 0.0206. The van der Waals surface area contributed by atoms with Crippen molar-refractivity contribution in [2.24, 2.45) is 5.92 Å². The molecular formula is C10H16O3S2. The molecule has 1 aliphatic heterocycles. The van der Waals surface area contributed by atoms with Gasteiger partial charge in [-0.2, -0.15) is 11.8 Å². The number of ether oxygens (including phenoxy) is 1. The molecule has 3 nitrogen and oxygen atoms in total. The lowest BCUT2D eigenvalue weighted by atomic mass is 9.99. The maximum atomic E-state index is 12.0. The van der Waals surface area contributed by atoms with Crippen LogP contribution >= 0.6 is 23.5 Å². The van der Waals surface area contributed by atoms with E-state index >= 15 is 0 Å². The normalized spacial score (nSPS) is 23.2. The molecule has 0 N–H and O–H groups in total. The predicted octanol–water partition coefficient (Wildman–Crippen LogP) is 1.60. The minimum Gasteiger partial charge on any atom is -0.468 e. The Labute approximate surface area is 98.7 Å². The summed E-state index contributed by atoms with van der Waals surface area (Å²) in [5, 5.41) is -0.0206. The van der Waals surface area contributed by atoms with Crippen molar-refractivity contribution in [2.45, 2.75) is 18.6 Å². The molecule has 5 heteroatoms. The van der Waals surface area contributed by atoms with E-state index in [1.807, 2.05) is 6.92 Å². The van der Waals surface area contributed by atoms with Gasteiger partial charge in [0.15, 0.2) is 5.78 Å². The van der Waals surface area contributed by atoms with Crippen LogP contribution in [0.15, 0.2) is 0 Å². The molecule has 1 rings (SSSR count). The van der Waals surface area contributed by atoms with Gasteiger partial charge in [-0.25, -0.2) is 0 Å². The summed E-state index contributed by atoms with van der Waals surface area (Å²) in [6.45, 7) is 1.85. The first-order chi connectivity index (χ1) is 7.20. The lowest BCUT2D eigenvalue weighted by molar-refractivity contribution is -0.149. The maximum Gasteiger partial charge on any atom is 0.316 e. The van der Waals surface area contributed by atoms with Crippen LogP contribution < -0.4 is 0 Å². The monoisotopic (exact) mass is 248 g/mol. The molecule has 0 aliphatic carbocycles. The highest BCUT2D eigenvalue weighted by atomic mass is 32.2. The number of rotatable bonds is 4. The van der Waals surface area contributed by atoms with E-state index in [1.165, 1.54) is 7.11 Å². The summed E-state index contributed by atoms with van der Waals surface area (Å²) >= 11 is 3.45. The second-order valence-electron chi connectivity index (χ2n) is 3.32. The molecule has 1 saturated heterocycles. The minimum atomic E-state index is -0.564. The third kappa shape index (κ3) is 3.41. The van der Waals surface area contributed by atoms with Crippen LogP contribution in [-0.4, -0.2) is 41.4 Å². The van der Waals surface area contributed by atoms with Crippen LogP contribution in [0.5, 0.6) is 0 Å². The first kappa shape index (κ1) is 12.9. The van der Waals surface area contributed by atoms with Crippen molar-refractivity contribution in [2.75, 3.05) is 24.4 Å². The van der Waals surface area contributed by atoms with E-state index in [2.05, 4.69) is 4.74 Å². The Morgan fingerprint density at radius 2 is 2.20 bits per heavy atom. The second-order valence-corrected chi connectivity index (χ2v) is 5.78. The highest BCUT2D eigenvalue weighted by Gasteiger charge is 2.32. The van der Waals surface area contributed by atoms with Gasteiger partial charge < -0.3 is 4.74 Å². The summed E-state index contributed by atoms with van der Waals surface area (Å²) in [4.78, 5) is 23.4. The second kappa shape index (κ2) is 6.43. The van der Waals surface area contributed by atoms with Gasteiger partial charge in [0.05, 0.1) is 12.4 Å². The van der Waals surface area contributed by atoms with E-state index in [1.54, 1.807) is 23.5 Å². The highest BCUT2D eigenvalue weighted by molar-refractivity contribution is 8.07. The average Bonchev–Trinajstić information content (AvgIpc) is 2.30. The van der Waals surface area contributed by atoms with Gasteiger partial charge in [-0.05, 0) is 6.42 Å². The van der Waals surface area contributed by atoms with Crippen LogP contribution in [-0.2, 0) is 14.3 Å². The first-order valence-electron chi connectivity index (χ1n) is 5.01. The van der Waals surface area contributed by atoms with Crippen molar-refractivity contribution in [3.8, 4) is 0 Å². The number of esters is 1. The molecule has 0 saturated carbocycles. The Hall–Kier alpha value is -0.160. The topological polar surface area (TPSA) is 43.4 Å². The van der Waals surface area contributed by atoms with Crippen LogP contribution in [0.25, 0.3) is 0 Å². The van der Waals surface area contributed by atoms with Gasteiger partial charge in [-0.1, -0.05) is 6.92 Å². The molecule has 0 aromatic rings. The van der Waals surface area contributed by atoms with Gasteiger partial charge in [-0.15, -0.1) is 11.8 Å². The number of thioether (sulfide) groups is 2. The van der Waals surface area contributed by atoms with Crippen molar-refractivity contribution in [1.82, 2.24) is 0 Å². The predicted molar refractivity (Wildman–Crippen MR) is 64.4 cm³/mol. The zero-order valence-electron chi connectivity index (χ0n) is 9.02. The first-order valence-corrected chi connectivity index (χ1v) is 7.22. The number of hydrogen-bond acceptors (Lipinski definition) is 5. The number of methoxy groups -OCH3 is 1. The number of carbonyl (C=O) groups excluding carboxylic acids is 2. The molecule has 0 aromatic heterocycles. The average molecular weight is 248 g/mol. The molecule has 86 valence electrons. The van der Waals surface area contributed by atoms with E-state index in [0.717, 1.165) is 17.3 Å². The van der Waals surface area contributed by atoms with Crippen LogP contribution in [0, 0.1) is 5.92 Å². The Kier molecular flexibility index (Phi) is 5.53. The van der Waals surface area contributed by atoms with Crippen LogP contribution in [0.4, 0.5) is 0 Å². The fourth-order valence-corrected chi connectivity index (χ4v) is 4.19. The molecule has 15 heavy (non-hydrogen) atoms. The van der Waals surface area contributed by atoms with E-state index in [4.69, 9.17) is 0 Å². The number of carbonyl (C=O) groups is 2. The van der Waals surface area contributed by atoms with E-state index in [9.17, 15) is 9.59 Å². The van der Waals surface area contributed by atoms with Crippen molar-refractivity contribution >= 4 is 35.3 Å². The fraction of sp³-hybridized carbons (Fsp3) is 0.800. The van der Waals surface area contributed by atoms with Crippen LogP contribution in [0.3, 0.4) is 0 Å². The van der Waals surface area contributed by atoms with Crippen molar-refractivity contribution < 1.29 is 14.3 Å². The van der Waals surface area contributed by atoms with Gasteiger partial charge in [0, 0.05) is 17.3 Å². The summed E-state index contributed by atoms with van der Waals surface area (Å²) in [6, 6.07) is 0. The third-order valence-corrected chi connectivity index (χ3v) is 5.14. The summed E-state index contributed by atoms with van der Waals surface area (Å²) in [5.41, 5.74) is 0. The zero-order chi connectivity index (χ0) is 11.3. The molecule has 1 aliphatic rings. The van der Waals surface area contributed by atoms with Gasteiger partial charge in [0.25, 0.3) is 0 Å². The van der Waals surface area contributed by atoms with Gasteiger partial charge in [-0.3, -0.25) is 9.59 Å². The van der Waals surface area contributed by atoms with Gasteiger partial charge in [0.2, 0.25) is 0 Å². The Morgan fingerprint density at radius 3 is 2.67 bits per heavy atom. The van der Waals surface area contributed by atoms with Crippen LogP contribution in [0.2, 0.25) is 0 Å². The molecule has 0 bridgehead atoms. The molecule has 0 radical (unpaired) electrons. The summed E-state index contributed by atoms with van der Waals surface area (Å²) in [5.74, 6) is 2.02. The quantitative estimate of drug-likeness (QED) is 0.558. The summed E-state index contributed by atoms with van der Waals surface area (Å²) in [7, 11) is 1.33. The maximum absolute atomic E-state index is 12.0. The molecule has 0 aromatic carbocycles. The van der Waals surface area contributed by atoms with Gasteiger partial charge >= 0.3 is 5.97 Å². The molecule has 2 atom stereocenters. The Balaban J connectivity index is 2.58. The van der Waals surface area contributed by atoms with Crippen LogP contribution in [0.1, 0.15) is 13.3 Å². The van der Waals surface area contributed by atoms with E-state index in [-0.39, 0.29) is 11.0 Å². The van der Waals surface area contributed by atoms with Crippen molar-refractivity contribution in [3.05, 3.63) is 0 Å². The number of Topliss-reactive ketones (excluding diaryl/α,β-unsaturated/α-hetero) is 1. The third-order valence-electron chi connectivity index (χ3n) is 2.37. The van der Waals surface area contributed by atoms with Gasteiger partial charge in [0.1, 0.15) is 5.92 Å². The molecule has 1 heterocycles.